The van der Waals surface area contributed by atoms with Crippen molar-refractivity contribution in [3.63, 3.8) is 0 Å². The lowest BCUT2D eigenvalue weighted by molar-refractivity contribution is -0.132. The van der Waals surface area contributed by atoms with Crippen LogP contribution < -0.4 is 5.73 Å². The first kappa shape index (κ1) is 21.1. The van der Waals surface area contributed by atoms with Crippen LogP contribution in [0.15, 0.2) is 23.8 Å². The Morgan fingerprint density at radius 1 is 1.38 bits per heavy atom. The Hall–Kier alpha value is -1.20. The number of hydrogen-bond donors (Lipinski definition) is 3. The van der Waals surface area contributed by atoms with Crippen LogP contribution in [0.3, 0.4) is 0 Å². The molecule has 0 aromatic heterocycles. The number of aliphatic carboxylic acids is 1. The van der Waals surface area contributed by atoms with E-state index in [-0.39, 0.29) is 10.6 Å². The Balaban J connectivity index is 2.13. The van der Waals surface area contributed by atoms with Gasteiger partial charge in [-0.3, -0.25) is 4.57 Å². The fraction of sp³-hybridized carbons (Fsp3) is 0.500. The fourth-order valence-electron chi connectivity index (χ4n) is 3.27. The number of benzene rings is 1. The van der Waals surface area contributed by atoms with Gasteiger partial charge in [-0.05, 0) is 36.1 Å². The van der Waals surface area contributed by atoms with Gasteiger partial charge < -0.3 is 15.7 Å². The molecule has 1 aliphatic carbocycles. The molecule has 26 heavy (non-hydrogen) atoms. The molecule has 0 heterocycles. The van der Waals surface area contributed by atoms with E-state index in [4.69, 9.17) is 17.3 Å². The van der Waals surface area contributed by atoms with Crippen molar-refractivity contribution in [3.8, 4) is 0 Å². The van der Waals surface area contributed by atoms with E-state index in [2.05, 4.69) is 0 Å². The minimum absolute atomic E-state index is 0.148. The number of halogens is 2. The van der Waals surface area contributed by atoms with E-state index in [0.29, 0.717) is 17.9 Å². The normalized spacial score (nSPS) is 19.8. The van der Waals surface area contributed by atoms with Crippen LogP contribution in [0.5, 0.6) is 0 Å². The number of rotatable bonds is 7. The van der Waals surface area contributed by atoms with E-state index in [9.17, 15) is 23.7 Å². The predicted molar refractivity (Wildman–Crippen MR) is 101 cm³/mol. The van der Waals surface area contributed by atoms with E-state index in [1.165, 1.54) is 24.6 Å². The van der Waals surface area contributed by atoms with E-state index in [1.807, 2.05) is 0 Å². The van der Waals surface area contributed by atoms with E-state index < -0.39 is 31.1 Å². The Labute approximate surface area is 157 Å². The minimum Gasteiger partial charge on any atom is -0.478 e. The van der Waals surface area contributed by atoms with Gasteiger partial charge in [0.1, 0.15) is 5.82 Å². The molecule has 2 rings (SSSR count). The van der Waals surface area contributed by atoms with E-state index in [1.54, 1.807) is 0 Å². The summed E-state index contributed by atoms with van der Waals surface area (Å²) >= 11 is 5.69. The summed E-state index contributed by atoms with van der Waals surface area (Å²) in [4.78, 5) is 21.8. The van der Waals surface area contributed by atoms with Gasteiger partial charge in [0.15, 0.2) is 0 Å². The number of carboxylic acid groups (broad SMARTS) is 1. The molecule has 0 spiro atoms. The van der Waals surface area contributed by atoms with Crippen molar-refractivity contribution in [2.45, 2.75) is 44.3 Å². The number of hydrogen-bond acceptors (Lipinski definition) is 3. The second-order valence-electron chi connectivity index (χ2n) is 6.87. The average molecular weight is 404 g/mol. The van der Waals surface area contributed by atoms with Crippen LogP contribution in [-0.2, 0) is 9.36 Å². The molecule has 2 atom stereocenters. The molecule has 0 bridgehead atoms. The van der Waals surface area contributed by atoms with Crippen molar-refractivity contribution >= 4 is 31.0 Å². The summed E-state index contributed by atoms with van der Waals surface area (Å²) < 4.78 is 25.9. The molecule has 1 fully saturated rings. The molecule has 1 aliphatic rings. The molecular formula is C18H24ClFNO4P. The Kier molecular flexibility index (Phi) is 7.42. The summed E-state index contributed by atoms with van der Waals surface area (Å²) in [6.45, 7) is 0. The monoisotopic (exact) mass is 403 g/mol. The van der Waals surface area contributed by atoms with Crippen molar-refractivity contribution in [1.29, 1.82) is 0 Å². The van der Waals surface area contributed by atoms with Crippen LogP contribution in [0.2, 0.25) is 5.02 Å². The van der Waals surface area contributed by atoms with Crippen LogP contribution >= 0.6 is 19.0 Å². The first-order valence-corrected chi connectivity index (χ1v) is 10.9. The van der Waals surface area contributed by atoms with Gasteiger partial charge in [-0.25, -0.2) is 9.18 Å². The molecule has 2 unspecified atom stereocenters. The third kappa shape index (κ3) is 5.92. The number of carboxylic acids is 1. The van der Waals surface area contributed by atoms with Crippen LogP contribution in [0, 0.1) is 11.7 Å². The van der Waals surface area contributed by atoms with Crippen molar-refractivity contribution < 1.29 is 23.7 Å². The SMILES string of the molecule is NC(CC1CCCCC1)P(=O)(O)C/C(=C/c1ccc(F)c(Cl)c1)C(=O)O. The third-order valence-corrected chi connectivity index (χ3v) is 7.10. The molecule has 8 heteroatoms. The predicted octanol–water partition coefficient (Wildman–Crippen LogP) is 4.47. The molecule has 0 aliphatic heterocycles. The molecule has 144 valence electrons. The maximum Gasteiger partial charge on any atom is 0.332 e. The first-order chi connectivity index (χ1) is 12.2. The molecule has 5 nitrogen and oxygen atoms in total. The second kappa shape index (κ2) is 9.14. The maximum absolute atomic E-state index is 13.2. The summed E-state index contributed by atoms with van der Waals surface area (Å²) in [5.74, 6) is -2.58. The van der Waals surface area contributed by atoms with Crippen molar-refractivity contribution in [1.82, 2.24) is 0 Å². The standard InChI is InChI=1S/C18H24ClFNO4P/c19-15-9-13(6-7-16(15)20)8-14(18(22)23)11-26(24,25)17(21)10-12-4-2-1-3-5-12/h6-9,12,17H,1-5,10-11,21H2,(H,22,23)(H,24,25)/b14-8-. The topological polar surface area (TPSA) is 101 Å². The smallest absolute Gasteiger partial charge is 0.332 e. The highest BCUT2D eigenvalue weighted by atomic mass is 35.5. The number of nitrogens with two attached hydrogens (primary N) is 1. The molecule has 1 saturated carbocycles. The van der Waals surface area contributed by atoms with Crippen LogP contribution in [0.4, 0.5) is 4.39 Å². The van der Waals surface area contributed by atoms with E-state index in [0.717, 1.165) is 31.7 Å². The Morgan fingerprint density at radius 3 is 2.62 bits per heavy atom. The van der Waals surface area contributed by atoms with E-state index >= 15 is 0 Å². The van der Waals surface area contributed by atoms with Crippen molar-refractivity contribution in [2.75, 3.05) is 6.16 Å². The van der Waals surface area contributed by atoms with Gasteiger partial charge in [0.2, 0.25) is 7.37 Å². The van der Waals surface area contributed by atoms with Gasteiger partial charge in [-0.1, -0.05) is 49.8 Å². The van der Waals surface area contributed by atoms with Gasteiger partial charge in [0, 0.05) is 5.57 Å². The summed E-state index contributed by atoms with van der Waals surface area (Å²) in [5, 5.41) is 9.23. The highest BCUT2D eigenvalue weighted by Crippen LogP contribution is 2.49. The highest BCUT2D eigenvalue weighted by molar-refractivity contribution is 7.59. The molecule has 0 saturated heterocycles. The van der Waals surface area contributed by atoms with Crippen molar-refractivity contribution in [2.24, 2.45) is 11.7 Å². The first-order valence-electron chi connectivity index (χ1n) is 8.65. The average Bonchev–Trinajstić information content (AvgIpc) is 2.58. The lowest BCUT2D eigenvalue weighted by Crippen LogP contribution is -2.27. The molecule has 1 aromatic carbocycles. The van der Waals surface area contributed by atoms with Gasteiger partial charge in [0.05, 0.1) is 17.0 Å². The van der Waals surface area contributed by atoms with Gasteiger partial charge in [-0.2, -0.15) is 0 Å². The summed E-state index contributed by atoms with van der Waals surface area (Å²) in [6.07, 6.45) is 6.46. The van der Waals surface area contributed by atoms with Gasteiger partial charge >= 0.3 is 5.97 Å². The third-order valence-electron chi connectivity index (χ3n) is 4.77. The Bertz CT molecular complexity index is 734. The zero-order chi connectivity index (χ0) is 19.3. The summed E-state index contributed by atoms with van der Waals surface area (Å²) in [6, 6.07) is 3.74. The lowest BCUT2D eigenvalue weighted by atomic mass is 9.87. The zero-order valence-corrected chi connectivity index (χ0v) is 16.1. The summed E-state index contributed by atoms with van der Waals surface area (Å²) in [7, 11) is -3.90. The van der Waals surface area contributed by atoms with Crippen molar-refractivity contribution in [3.05, 3.63) is 40.2 Å². The quantitative estimate of drug-likeness (QED) is 0.460. The molecule has 1 aromatic rings. The molecule has 4 N–H and O–H groups in total. The number of carbonyl (C=O) groups is 1. The van der Waals surface area contributed by atoms with Gasteiger partial charge in [0.25, 0.3) is 0 Å². The maximum atomic E-state index is 13.2. The van der Waals surface area contributed by atoms with Gasteiger partial charge in [-0.15, -0.1) is 0 Å². The molecule has 0 radical (unpaired) electrons. The minimum atomic E-state index is -3.90. The highest BCUT2D eigenvalue weighted by Gasteiger charge is 2.33. The molecular weight excluding hydrogens is 380 g/mol. The Morgan fingerprint density at radius 2 is 2.04 bits per heavy atom. The summed E-state index contributed by atoms with van der Waals surface area (Å²) in [5.41, 5.74) is 6.05. The van der Waals surface area contributed by atoms with Crippen LogP contribution in [-0.4, -0.2) is 27.9 Å². The fourth-order valence-corrected chi connectivity index (χ4v) is 5.03. The van der Waals surface area contributed by atoms with Crippen LogP contribution in [0.25, 0.3) is 6.08 Å². The van der Waals surface area contributed by atoms with Crippen LogP contribution in [0.1, 0.15) is 44.1 Å². The molecule has 0 amide bonds. The second-order valence-corrected chi connectivity index (χ2v) is 9.77. The largest absolute Gasteiger partial charge is 0.478 e. The lowest BCUT2D eigenvalue weighted by Gasteiger charge is -2.27. The zero-order valence-electron chi connectivity index (χ0n) is 14.4.